The fraction of sp³-hybridized carbons (Fsp3) is 0.125. The van der Waals surface area contributed by atoms with E-state index in [1.165, 1.54) is 25.4 Å². The summed E-state index contributed by atoms with van der Waals surface area (Å²) in [6.45, 7) is 0. The summed E-state index contributed by atoms with van der Waals surface area (Å²) >= 11 is 0. The smallest absolute Gasteiger partial charge is 0.170 e. The second-order valence-electron chi connectivity index (χ2n) is 2.35. The van der Waals surface area contributed by atoms with E-state index < -0.39 is 5.82 Å². The van der Waals surface area contributed by atoms with Gasteiger partial charge in [-0.25, -0.2) is 4.39 Å². The lowest BCUT2D eigenvalue weighted by Crippen LogP contribution is -1.86. The molecule has 1 aromatic heterocycles. The normalized spacial score (nSPS) is 10.5. The van der Waals surface area contributed by atoms with Crippen molar-refractivity contribution in [2.24, 2.45) is 0 Å². The van der Waals surface area contributed by atoms with Gasteiger partial charge in [0.1, 0.15) is 0 Å². The van der Waals surface area contributed by atoms with E-state index in [1.807, 2.05) is 0 Å². The topological polar surface area (TPSA) is 35.3 Å². The van der Waals surface area contributed by atoms with Crippen molar-refractivity contribution < 1.29 is 13.7 Å². The Labute approximate surface area is 67.7 Å². The maximum Gasteiger partial charge on any atom is 0.170 e. The Balaban J connectivity index is 2.73. The number of benzene rings is 1. The molecule has 0 saturated heterocycles. The van der Waals surface area contributed by atoms with E-state index in [0.717, 1.165) is 0 Å². The zero-order chi connectivity index (χ0) is 8.55. The van der Waals surface area contributed by atoms with E-state index in [-0.39, 0.29) is 5.75 Å². The molecule has 0 amide bonds. The predicted molar refractivity (Wildman–Crippen MR) is 40.5 cm³/mol. The van der Waals surface area contributed by atoms with Crippen LogP contribution in [0.5, 0.6) is 5.75 Å². The first-order valence-electron chi connectivity index (χ1n) is 3.39. The molecule has 1 aromatic carbocycles. The largest absolute Gasteiger partial charge is 0.494 e. The van der Waals surface area contributed by atoms with Gasteiger partial charge in [-0.15, -0.1) is 0 Å². The highest BCUT2D eigenvalue weighted by molar-refractivity contribution is 5.77. The van der Waals surface area contributed by atoms with Crippen LogP contribution < -0.4 is 4.74 Å². The summed E-state index contributed by atoms with van der Waals surface area (Å²) in [7, 11) is 1.40. The Hall–Kier alpha value is -1.58. The van der Waals surface area contributed by atoms with Crippen LogP contribution in [0.3, 0.4) is 0 Å². The average Bonchev–Trinajstić information content (AvgIpc) is 2.49. The third kappa shape index (κ3) is 0.922. The van der Waals surface area contributed by atoms with Crippen LogP contribution in [0.2, 0.25) is 0 Å². The van der Waals surface area contributed by atoms with Crippen LogP contribution in [-0.4, -0.2) is 12.3 Å². The molecule has 0 radical (unpaired) electrons. The molecule has 0 fully saturated rings. The molecule has 0 saturated carbocycles. The summed E-state index contributed by atoms with van der Waals surface area (Å²) in [6, 6.07) is 2.79. The molecule has 0 bridgehead atoms. The molecule has 3 nitrogen and oxygen atoms in total. The minimum atomic E-state index is -0.409. The molecule has 62 valence electrons. The van der Waals surface area contributed by atoms with Crippen LogP contribution >= 0.6 is 0 Å². The molecule has 0 unspecified atom stereocenters. The molecule has 12 heavy (non-hydrogen) atoms. The summed E-state index contributed by atoms with van der Waals surface area (Å²) in [5.41, 5.74) is 0.522. The number of hydrogen-bond donors (Lipinski definition) is 0. The van der Waals surface area contributed by atoms with Crippen LogP contribution in [0.1, 0.15) is 0 Å². The average molecular weight is 167 g/mol. The van der Waals surface area contributed by atoms with E-state index in [2.05, 4.69) is 5.16 Å². The lowest BCUT2D eigenvalue weighted by molar-refractivity contribution is 0.385. The molecule has 2 rings (SSSR count). The third-order valence-corrected chi connectivity index (χ3v) is 1.63. The zero-order valence-corrected chi connectivity index (χ0v) is 6.37. The van der Waals surface area contributed by atoms with E-state index >= 15 is 0 Å². The minimum absolute atomic E-state index is 0.166. The highest BCUT2D eigenvalue weighted by Gasteiger charge is 2.06. The van der Waals surface area contributed by atoms with Gasteiger partial charge in [-0.05, 0) is 6.07 Å². The van der Waals surface area contributed by atoms with E-state index in [4.69, 9.17) is 9.26 Å². The van der Waals surface area contributed by atoms with Gasteiger partial charge in [0.2, 0.25) is 0 Å². The van der Waals surface area contributed by atoms with Gasteiger partial charge in [0, 0.05) is 11.5 Å². The van der Waals surface area contributed by atoms with Crippen molar-refractivity contribution in [3.05, 3.63) is 24.1 Å². The summed E-state index contributed by atoms with van der Waals surface area (Å²) in [5, 5.41) is 4.15. The van der Waals surface area contributed by atoms with Crippen LogP contribution in [-0.2, 0) is 0 Å². The number of methoxy groups -OCH3 is 1. The predicted octanol–water partition coefficient (Wildman–Crippen LogP) is 1.98. The van der Waals surface area contributed by atoms with Gasteiger partial charge in [0.15, 0.2) is 17.1 Å². The first-order chi connectivity index (χ1) is 5.81. The Bertz CT molecular complexity index is 410. The summed E-state index contributed by atoms with van der Waals surface area (Å²) in [6.07, 6.45) is 1.46. The van der Waals surface area contributed by atoms with Gasteiger partial charge in [-0.3, -0.25) is 0 Å². The zero-order valence-electron chi connectivity index (χ0n) is 6.37. The summed E-state index contributed by atoms with van der Waals surface area (Å²) < 4.78 is 22.6. The van der Waals surface area contributed by atoms with E-state index in [9.17, 15) is 4.39 Å². The summed E-state index contributed by atoms with van der Waals surface area (Å²) in [5.74, 6) is -0.243. The standard InChI is InChI=1S/C8H6FNO2/c1-11-8-3-7-5(2-6(8)9)4-10-12-7/h2-4H,1H3. The van der Waals surface area contributed by atoms with Crippen molar-refractivity contribution in [1.82, 2.24) is 5.16 Å². The number of fused-ring (bicyclic) bond motifs is 1. The molecule has 2 aromatic rings. The maximum atomic E-state index is 13.0. The Morgan fingerprint density at radius 1 is 1.50 bits per heavy atom. The van der Waals surface area contributed by atoms with Crippen LogP contribution in [0.4, 0.5) is 4.39 Å². The Kier molecular flexibility index (Phi) is 1.46. The van der Waals surface area contributed by atoms with Crippen molar-refractivity contribution in [3.8, 4) is 5.75 Å². The van der Waals surface area contributed by atoms with Crippen molar-refractivity contribution >= 4 is 11.0 Å². The molecule has 0 N–H and O–H groups in total. The lowest BCUT2D eigenvalue weighted by atomic mass is 10.2. The second-order valence-corrected chi connectivity index (χ2v) is 2.35. The minimum Gasteiger partial charge on any atom is -0.494 e. The summed E-state index contributed by atoms with van der Waals surface area (Å²) in [4.78, 5) is 0. The van der Waals surface area contributed by atoms with Crippen molar-refractivity contribution in [2.45, 2.75) is 0 Å². The molecule has 0 spiro atoms. The van der Waals surface area contributed by atoms with E-state index in [0.29, 0.717) is 11.0 Å². The van der Waals surface area contributed by atoms with Gasteiger partial charge < -0.3 is 9.26 Å². The highest BCUT2D eigenvalue weighted by atomic mass is 19.1. The van der Waals surface area contributed by atoms with Crippen molar-refractivity contribution in [1.29, 1.82) is 0 Å². The monoisotopic (exact) mass is 167 g/mol. The number of rotatable bonds is 1. The van der Waals surface area contributed by atoms with Crippen molar-refractivity contribution in [2.75, 3.05) is 7.11 Å². The van der Waals surface area contributed by atoms with Crippen molar-refractivity contribution in [3.63, 3.8) is 0 Å². The molecule has 1 heterocycles. The number of halogens is 1. The molecular weight excluding hydrogens is 161 g/mol. The Morgan fingerprint density at radius 2 is 2.33 bits per heavy atom. The maximum absolute atomic E-state index is 13.0. The third-order valence-electron chi connectivity index (χ3n) is 1.63. The lowest BCUT2D eigenvalue weighted by Gasteiger charge is -1.98. The molecule has 0 atom stereocenters. The van der Waals surface area contributed by atoms with Gasteiger partial charge in [0.25, 0.3) is 0 Å². The van der Waals surface area contributed by atoms with E-state index in [1.54, 1.807) is 0 Å². The second kappa shape index (κ2) is 2.48. The number of hydrogen-bond acceptors (Lipinski definition) is 3. The highest BCUT2D eigenvalue weighted by Crippen LogP contribution is 2.23. The van der Waals surface area contributed by atoms with Gasteiger partial charge >= 0.3 is 0 Å². The molecule has 0 aliphatic rings. The molecule has 0 aliphatic heterocycles. The molecular formula is C8H6FNO2. The number of ether oxygens (including phenoxy) is 1. The van der Waals surface area contributed by atoms with Gasteiger partial charge in [-0.2, -0.15) is 0 Å². The fourth-order valence-electron chi connectivity index (χ4n) is 1.03. The van der Waals surface area contributed by atoms with Crippen LogP contribution in [0, 0.1) is 5.82 Å². The fourth-order valence-corrected chi connectivity index (χ4v) is 1.03. The first-order valence-corrected chi connectivity index (χ1v) is 3.39. The van der Waals surface area contributed by atoms with Gasteiger partial charge in [0.05, 0.1) is 13.3 Å². The molecule has 0 aliphatic carbocycles. The Morgan fingerprint density at radius 3 is 3.08 bits per heavy atom. The van der Waals surface area contributed by atoms with Crippen LogP contribution in [0.25, 0.3) is 11.0 Å². The quantitative estimate of drug-likeness (QED) is 0.651. The van der Waals surface area contributed by atoms with Gasteiger partial charge in [-0.1, -0.05) is 5.16 Å². The number of aromatic nitrogens is 1. The molecule has 4 heteroatoms. The number of nitrogens with zero attached hydrogens (tertiary/aromatic N) is 1. The SMILES string of the molecule is COc1cc2oncc2cc1F. The van der Waals surface area contributed by atoms with Crippen LogP contribution in [0.15, 0.2) is 22.9 Å². The first kappa shape index (κ1) is 7.09.